The van der Waals surface area contributed by atoms with Crippen LogP contribution in [0.1, 0.15) is 93.4 Å². The Bertz CT molecular complexity index is 7000. The number of anilines is 1. The molecule has 4 saturated heterocycles. The van der Waals surface area contributed by atoms with Gasteiger partial charge in [0.2, 0.25) is 29.5 Å². The number of nitrogen functional groups attached to an aromatic ring is 1. The molecule has 0 amide bonds. The molecule has 0 unspecified atom stereocenters. The van der Waals surface area contributed by atoms with E-state index in [1.54, 1.807) is 30.6 Å². The van der Waals surface area contributed by atoms with Crippen molar-refractivity contribution in [3.05, 3.63) is 365 Å². The summed E-state index contributed by atoms with van der Waals surface area (Å²) in [7, 11) is -1.34. The summed E-state index contributed by atoms with van der Waals surface area (Å²) in [5, 5.41) is -0.429. The Morgan fingerprint density at radius 3 is 0.923 bits per heavy atom. The van der Waals surface area contributed by atoms with Gasteiger partial charge in [-0.2, -0.15) is 0 Å². The SMILES string of the molecule is Brc1cccc(-c2nc3ccccc3o2)c1.Brc1cncc(-c2nc3ccccc3o2)c1.C1COCCO1.CC1(C)OB(B2OC(C)(C)C(C)(C)O2)OC1(C)C.CC1(C)OB(c2cccc(-c3nc4ccccc4o3)c2)OC1(C)C.Ic1cccc(I)c1.Nc1ccccc1Br.O=C(Cl)c1cccc(Br)c1.c1cc(-c2cccc(-c3nc4ccccc4o3)c2)cc(-c2cccc(-c3nc4ccccc4o3)c2)c1. The van der Waals surface area contributed by atoms with Crippen LogP contribution in [-0.4, -0.2) is 116 Å². The summed E-state index contributed by atoms with van der Waals surface area (Å²) in [6, 6.07) is 105. The first-order chi connectivity index (χ1) is 68.0. The van der Waals surface area contributed by atoms with Crippen molar-refractivity contribution in [3.8, 4) is 79.5 Å². The fraction of sp³-hybridized carbons (Fsp3) is 0.198. The third-order valence-corrected chi connectivity index (χ3v) is 27.9. The summed E-state index contributed by atoms with van der Waals surface area (Å²) in [6.07, 6.45) is 3.46. The summed E-state index contributed by atoms with van der Waals surface area (Å²) in [4.78, 5) is 37.3. The summed E-state index contributed by atoms with van der Waals surface area (Å²) in [6.45, 7) is 27.5. The molecule has 4 fully saturated rings. The van der Waals surface area contributed by atoms with Gasteiger partial charge in [0.25, 0.3) is 5.24 Å². The van der Waals surface area contributed by atoms with Gasteiger partial charge in [-0.15, -0.1) is 0 Å². The maximum absolute atomic E-state index is 10.5. The van der Waals surface area contributed by atoms with E-state index in [1.165, 1.54) is 7.14 Å². The number of pyridine rings is 1. The van der Waals surface area contributed by atoms with Crippen LogP contribution in [0.25, 0.3) is 135 Å². The molecule has 2 N–H and O–H groups in total. The van der Waals surface area contributed by atoms with Gasteiger partial charge in [-0.05, 0) is 369 Å². The van der Waals surface area contributed by atoms with Crippen molar-refractivity contribution < 1.29 is 64.3 Å². The molecule has 0 radical (unpaired) electrons. The van der Waals surface area contributed by atoms with Crippen molar-refractivity contribution in [2.45, 2.75) is 117 Å². The van der Waals surface area contributed by atoms with E-state index in [2.05, 4.69) is 239 Å². The lowest BCUT2D eigenvalue weighted by molar-refractivity contribution is -0.0334. The molecule has 19 aromatic rings. The average molecular weight is 2400 g/mol. The van der Waals surface area contributed by atoms with E-state index in [0.717, 1.165) is 161 Å². The maximum atomic E-state index is 10.5. The van der Waals surface area contributed by atoms with E-state index in [1.807, 2.05) is 286 Å². The standard InChI is InChI=1S/C32H20N2O2.C19H20BNO3.C13H8BrNO.C12H24B2O4.C12H7BrN2O.C7H4BrClO.C6H6BrN.C6H4I2.C4H8O2/c1-3-16-29-27(14-1)33-31(35-29)25-12-6-10-23(19-25)21-8-5-9-22(18-21)24-11-7-13-26(20-24)32-34-28-15-2-4-17-30(28)36-32;1-18(2)19(3,4)24-20(23-18)14-9-7-8-13(12-14)17-21-15-10-5-6-11-16(15)22-17;14-10-5-3-4-9(8-10)13-15-11-6-1-2-7-12(11)16-13;1-9(2)10(3,4)16-13(15-9)14-17-11(5,6)12(7,8)18-14;13-9-5-8(6-14-7-9)12-15-10-3-1-2-4-11(10)16-12;8-6-3-1-2-5(4-6)7(9)10;7-5-3-1-2-4-6(5)8;7-5-2-1-3-6(8)4-5;1-2-6-4-3-5-1/h1-20H;5-12H,1-4H3;1-8H;1-8H3;1-7H;1-4H;1-4H,8H2;1-4H;1-4H2. The molecular formula is C111H101B3Br4ClI2N7O14. The zero-order chi connectivity index (χ0) is 101. The number of halogens is 7. The molecule has 0 saturated carbocycles. The molecule has 6 aromatic heterocycles. The summed E-state index contributed by atoms with van der Waals surface area (Å²) in [5.41, 5.74) is 23.0. The fourth-order valence-electron chi connectivity index (χ4n) is 14.5. The highest BCUT2D eigenvalue weighted by Crippen LogP contribution is 2.45. The van der Waals surface area contributed by atoms with Gasteiger partial charge in [0.05, 0.1) is 65.6 Å². The first kappa shape index (κ1) is 106. The Balaban J connectivity index is 0.000000127. The van der Waals surface area contributed by atoms with E-state index < -0.39 is 19.3 Å². The largest absolute Gasteiger partial charge is 0.494 e. The quantitative estimate of drug-likeness (QED) is 0.0577. The second kappa shape index (κ2) is 47.5. The van der Waals surface area contributed by atoms with Gasteiger partial charge in [-0.1, -0.05) is 184 Å². The first-order valence-electron chi connectivity index (χ1n) is 45.6. The predicted molar refractivity (Wildman–Crippen MR) is 599 cm³/mol. The van der Waals surface area contributed by atoms with Gasteiger partial charge >= 0.3 is 21.1 Å². The van der Waals surface area contributed by atoms with Gasteiger partial charge in [-0.25, -0.2) is 24.9 Å². The predicted octanol–water partition coefficient (Wildman–Crippen LogP) is 30.4. The molecule has 0 atom stereocenters. The zero-order valence-electron chi connectivity index (χ0n) is 79.9. The number of oxazole rings is 5. The number of ether oxygens (including phenoxy) is 2. The van der Waals surface area contributed by atoms with E-state index in [4.69, 9.17) is 76.8 Å². The molecule has 31 heteroatoms. The third-order valence-electron chi connectivity index (χ3n) is 24.2. The van der Waals surface area contributed by atoms with Gasteiger partial charge in [-0.3, -0.25) is 9.78 Å². The number of rotatable bonds is 10. The molecular weight excluding hydrogens is 2300 g/mol. The lowest BCUT2D eigenvalue weighted by atomic mass is 9.49. The highest BCUT2D eigenvalue weighted by Gasteiger charge is 2.64. The number of fused-ring (bicyclic) bond motifs is 5. The van der Waals surface area contributed by atoms with Gasteiger partial charge < -0.3 is 65.2 Å². The second-order valence-corrected chi connectivity index (χ2v) is 42.4. The van der Waals surface area contributed by atoms with Gasteiger partial charge in [0.1, 0.15) is 27.6 Å². The minimum atomic E-state index is -0.476. The van der Waals surface area contributed by atoms with Crippen LogP contribution in [0.2, 0.25) is 0 Å². The number of benzene rings is 13. The molecule has 23 rings (SSSR count). The normalized spacial score (nSPS) is 15.3. The smallest absolute Gasteiger partial charge is 0.436 e. The lowest BCUT2D eigenvalue weighted by Crippen LogP contribution is -2.41. The Kier molecular flexibility index (Phi) is 35.3. The maximum Gasteiger partial charge on any atom is 0.494 e. The van der Waals surface area contributed by atoms with Crippen molar-refractivity contribution in [3.63, 3.8) is 0 Å². The molecule has 10 heterocycles. The van der Waals surface area contributed by atoms with Crippen LogP contribution < -0.4 is 11.2 Å². The third kappa shape index (κ3) is 27.5. The number of carbonyl (C=O) groups excluding carboxylic acids is 1. The molecule has 722 valence electrons. The summed E-state index contributed by atoms with van der Waals surface area (Å²) in [5.74, 6) is 3.10. The number of hydrogen-bond acceptors (Lipinski definition) is 21. The Morgan fingerprint density at radius 2 is 0.606 bits per heavy atom. The molecule has 4 aliphatic rings. The second-order valence-electron chi connectivity index (χ2n) is 36.0. The number of carbonyl (C=O) groups is 1. The molecule has 0 bridgehead atoms. The molecule has 13 aromatic carbocycles. The van der Waals surface area contributed by atoms with E-state index in [-0.39, 0.29) is 40.7 Å². The number of para-hydroxylation sites is 11. The van der Waals surface area contributed by atoms with Crippen molar-refractivity contribution in [2.24, 2.45) is 0 Å². The Hall–Kier alpha value is -10.6. The van der Waals surface area contributed by atoms with Gasteiger partial charge in [0.15, 0.2) is 27.9 Å². The fourth-order valence-corrected chi connectivity index (χ4v) is 17.7. The van der Waals surface area contributed by atoms with Crippen molar-refractivity contribution >= 4 is 214 Å². The minimum absolute atomic E-state index is 0.356. The molecule has 142 heavy (non-hydrogen) atoms. The highest BCUT2D eigenvalue weighted by atomic mass is 127. The van der Waals surface area contributed by atoms with Crippen molar-refractivity contribution in [2.75, 3.05) is 32.2 Å². The van der Waals surface area contributed by atoms with E-state index in [0.29, 0.717) is 35.0 Å². The summed E-state index contributed by atoms with van der Waals surface area (Å²) < 4.78 is 81.5. The van der Waals surface area contributed by atoms with Crippen LogP contribution >= 0.6 is 121 Å². The molecule has 21 nitrogen and oxygen atoms in total. The molecule has 4 aliphatic heterocycles. The number of hydrogen-bond donors (Lipinski definition) is 1. The van der Waals surface area contributed by atoms with E-state index in [9.17, 15) is 4.79 Å². The van der Waals surface area contributed by atoms with Crippen LogP contribution in [0.3, 0.4) is 0 Å². The van der Waals surface area contributed by atoms with Crippen LogP contribution in [-0.2, 0) is 37.4 Å². The number of nitrogens with zero attached hydrogens (tertiary/aromatic N) is 6. The van der Waals surface area contributed by atoms with Crippen molar-refractivity contribution in [1.29, 1.82) is 0 Å². The van der Waals surface area contributed by atoms with E-state index >= 15 is 0 Å². The lowest BCUT2D eigenvalue weighted by Gasteiger charge is -2.32. The Labute approximate surface area is 892 Å². The van der Waals surface area contributed by atoms with Crippen molar-refractivity contribution in [1.82, 2.24) is 29.9 Å². The minimum Gasteiger partial charge on any atom is -0.436 e. The van der Waals surface area contributed by atoms with Crippen LogP contribution in [0, 0.1) is 7.14 Å². The van der Waals surface area contributed by atoms with Crippen LogP contribution in [0.4, 0.5) is 5.69 Å². The zero-order valence-corrected chi connectivity index (χ0v) is 91.4. The van der Waals surface area contributed by atoms with Crippen LogP contribution in [0.5, 0.6) is 0 Å². The Morgan fingerprint density at radius 1 is 0.310 bits per heavy atom. The first-order valence-corrected chi connectivity index (χ1v) is 51.4. The molecule has 0 spiro atoms. The summed E-state index contributed by atoms with van der Waals surface area (Å²) >= 11 is 23.1. The number of nitrogens with two attached hydrogens (primary N) is 1. The topological polar surface area (TPSA) is 260 Å². The highest BCUT2D eigenvalue weighted by molar-refractivity contribution is 14.1. The monoisotopic (exact) mass is 2390 g/mol. The molecule has 0 aliphatic carbocycles. The average Bonchev–Trinajstić information content (AvgIpc) is 1.60. The van der Waals surface area contributed by atoms with Gasteiger partial charge in [0, 0.05) is 70.9 Å². The number of aromatic nitrogens is 6. The van der Waals surface area contributed by atoms with Crippen LogP contribution in [0.15, 0.2) is 374 Å².